The van der Waals surface area contributed by atoms with Crippen molar-refractivity contribution in [2.75, 3.05) is 33.5 Å². The van der Waals surface area contributed by atoms with Crippen LogP contribution in [0.5, 0.6) is 11.5 Å². The van der Waals surface area contributed by atoms with E-state index in [0.717, 1.165) is 28.9 Å². The molecule has 154 valence electrons. The number of para-hydroxylation sites is 1. The highest BCUT2D eigenvalue weighted by Gasteiger charge is 2.43. The number of carbonyl (C=O) groups excluding carboxylic acids is 1. The Balaban J connectivity index is 1.51. The Morgan fingerprint density at radius 2 is 2.00 bits per heavy atom. The largest absolute Gasteiger partial charge is 0.496 e. The Bertz CT molecular complexity index is 875. The summed E-state index contributed by atoms with van der Waals surface area (Å²) in [5.41, 5.74) is 2.03. The average molecular weight is 397 g/mol. The lowest BCUT2D eigenvalue weighted by Gasteiger charge is -2.37. The van der Waals surface area contributed by atoms with E-state index in [4.69, 9.17) is 14.2 Å². The van der Waals surface area contributed by atoms with Crippen LogP contribution >= 0.6 is 0 Å². The third-order valence-corrected chi connectivity index (χ3v) is 5.96. The van der Waals surface area contributed by atoms with Crippen LogP contribution in [0.25, 0.3) is 0 Å². The fourth-order valence-electron chi connectivity index (χ4n) is 4.27. The number of aliphatic hydroxyl groups excluding tert-OH is 1. The lowest BCUT2D eigenvalue weighted by Crippen LogP contribution is -2.49. The second kappa shape index (κ2) is 8.43. The molecule has 2 N–H and O–H groups in total. The second-order valence-corrected chi connectivity index (χ2v) is 7.59. The predicted molar refractivity (Wildman–Crippen MR) is 108 cm³/mol. The zero-order valence-corrected chi connectivity index (χ0v) is 16.6. The van der Waals surface area contributed by atoms with Gasteiger partial charge in [0.2, 0.25) is 5.91 Å². The van der Waals surface area contributed by atoms with Gasteiger partial charge in [-0.3, -0.25) is 4.79 Å². The van der Waals surface area contributed by atoms with E-state index in [-0.39, 0.29) is 12.5 Å². The van der Waals surface area contributed by atoms with Crippen LogP contribution in [-0.2, 0) is 21.4 Å². The van der Waals surface area contributed by atoms with Crippen LogP contribution in [-0.4, -0.2) is 44.5 Å². The first-order chi connectivity index (χ1) is 14.1. The maximum Gasteiger partial charge on any atom is 0.231 e. The summed E-state index contributed by atoms with van der Waals surface area (Å²) in [5, 5.41) is 13.6. The summed E-state index contributed by atoms with van der Waals surface area (Å²) >= 11 is 0. The summed E-state index contributed by atoms with van der Waals surface area (Å²) in [6.45, 7) is 1.85. The van der Waals surface area contributed by atoms with Gasteiger partial charge in [0.05, 0.1) is 25.2 Å². The van der Waals surface area contributed by atoms with Gasteiger partial charge in [0.25, 0.3) is 0 Å². The normalized spacial score (nSPS) is 18.4. The van der Waals surface area contributed by atoms with Crippen molar-refractivity contribution in [3.63, 3.8) is 0 Å². The summed E-state index contributed by atoms with van der Waals surface area (Å²) in [6, 6.07) is 13.3. The van der Waals surface area contributed by atoms with E-state index in [1.54, 1.807) is 7.11 Å². The topological polar surface area (TPSA) is 77.0 Å². The number of hydrogen-bond acceptors (Lipinski definition) is 5. The van der Waals surface area contributed by atoms with Gasteiger partial charge in [-0.05, 0) is 42.2 Å². The maximum atomic E-state index is 13.4. The highest BCUT2D eigenvalue weighted by Crippen LogP contribution is 2.40. The lowest BCUT2D eigenvalue weighted by molar-refractivity contribution is -0.131. The van der Waals surface area contributed by atoms with E-state index in [0.29, 0.717) is 38.4 Å². The molecule has 2 aromatic rings. The Morgan fingerprint density at radius 3 is 2.79 bits per heavy atom. The molecule has 2 heterocycles. The maximum absolute atomic E-state index is 13.4. The number of fused-ring (bicyclic) bond motifs is 1. The number of aliphatic hydroxyl groups is 1. The van der Waals surface area contributed by atoms with Gasteiger partial charge in [-0.15, -0.1) is 0 Å². The summed E-state index contributed by atoms with van der Waals surface area (Å²) < 4.78 is 16.6. The number of carbonyl (C=O) groups is 1. The third-order valence-electron chi connectivity index (χ3n) is 5.96. The minimum absolute atomic E-state index is 0.103. The molecule has 6 nitrogen and oxygen atoms in total. The van der Waals surface area contributed by atoms with Crippen LogP contribution in [0.3, 0.4) is 0 Å². The Kier molecular flexibility index (Phi) is 5.74. The van der Waals surface area contributed by atoms with Crippen LogP contribution in [0.2, 0.25) is 0 Å². The molecule has 0 radical (unpaired) electrons. The van der Waals surface area contributed by atoms with Crippen molar-refractivity contribution >= 4 is 5.91 Å². The summed E-state index contributed by atoms with van der Waals surface area (Å²) in [5.74, 6) is 1.47. The van der Waals surface area contributed by atoms with Crippen LogP contribution in [0.15, 0.2) is 42.5 Å². The number of methoxy groups -OCH3 is 1. The van der Waals surface area contributed by atoms with Crippen molar-refractivity contribution in [1.82, 2.24) is 5.32 Å². The van der Waals surface area contributed by atoms with Gasteiger partial charge in [-0.2, -0.15) is 0 Å². The number of ether oxygens (including phenoxy) is 3. The van der Waals surface area contributed by atoms with E-state index in [1.807, 2.05) is 42.5 Å². The Morgan fingerprint density at radius 1 is 1.21 bits per heavy atom. The Labute approximate surface area is 170 Å². The molecule has 2 aliphatic rings. The standard InChI is InChI=1S/C23H27NO5/c1-27-21-5-3-2-4-18(21)23(9-12-28-13-10-23)22(26)24-15-19(25)16-6-7-20-17(14-16)8-11-29-20/h2-7,14,19,25H,8-13,15H2,1H3,(H,24,26). The number of amides is 1. The number of hydrogen-bond donors (Lipinski definition) is 2. The number of nitrogens with one attached hydrogen (secondary N) is 1. The van der Waals surface area contributed by atoms with E-state index < -0.39 is 11.5 Å². The highest BCUT2D eigenvalue weighted by molar-refractivity contribution is 5.89. The van der Waals surface area contributed by atoms with Crippen molar-refractivity contribution in [2.24, 2.45) is 0 Å². The molecule has 29 heavy (non-hydrogen) atoms. The van der Waals surface area contributed by atoms with Gasteiger partial charge in [0.1, 0.15) is 11.5 Å². The van der Waals surface area contributed by atoms with Crippen molar-refractivity contribution in [1.29, 1.82) is 0 Å². The van der Waals surface area contributed by atoms with Crippen LogP contribution in [0.4, 0.5) is 0 Å². The van der Waals surface area contributed by atoms with Gasteiger partial charge < -0.3 is 24.6 Å². The zero-order chi connectivity index (χ0) is 20.3. The molecule has 0 aromatic heterocycles. The van der Waals surface area contributed by atoms with Gasteiger partial charge in [0, 0.05) is 31.7 Å². The molecule has 1 atom stereocenters. The first-order valence-corrected chi connectivity index (χ1v) is 10.1. The zero-order valence-electron chi connectivity index (χ0n) is 16.6. The van der Waals surface area contributed by atoms with Gasteiger partial charge in [0.15, 0.2) is 0 Å². The van der Waals surface area contributed by atoms with Crippen LogP contribution in [0, 0.1) is 0 Å². The lowest BCUT2D eigenvalue weighted by atomic mass is 9.73. The van der Waals surface area contributed by atoms with Crippen molar-refractivity contribution in [2.45, 2.75) is 30.8 Å². The molecule has 1 unspecified atom stereocenters. The monoisotopic (exact) mass is 397 g/mol. The Hall–Kier alpha value is -2.57. The molecule has 0 bridgehead atoms. The molecule has 0 aliphatic carbocycles. The molecule has 6 heteroatoms. The van der Waals surface area contributed by atoms with Crippen molar-refractivity contribution in [3.05, 3.63) is 59.2 Å². The summed E-state index contributed by atoms with van der Waals surface area (Å²) in [4.78, 5) is 13.4. The minimum atomic E-state index is -0.778. The molecular weight excluding hydrogens is 370 g/mol. The molecule has 0 spiro atoms. The number of rotatable bonds is 6. The molecule has 2 aliphatic heterocycles. The smallest absolute Gasteiger partial charge is 0.231 e. The van der Waals surface area contributed by atoms with Gasteiger partial charge in [-0.25, -0.2) is 0 Å². The first kappa shape index (κ1) is 19.7. The summed E-state index contributed by atoms with van der Waals surface area (Å²) in [6.07, 6.45) is 1.22. The fourth-order valence-corrected chi connectivity index (χ4v) is 4.27. The molecule has 0 saturated carbocycles. The molecular formula is C23H27NO5. The predicted octanol–water partition coefficient (Wildman–Crippen LogP) is 2.53. The van der Waals surface area contributed by atoms with Crippen LogP contribution < -0.4 is 14.8 Å². The first-order valence-electron chi connectivity index (χ1n) is 10.1. The van der Waals surface area contributed by atoms with E-state index in [1.165, 1.54) is 0 Å². The molecule has 1 amide bonds. The summed E-state index contributed by atoms with van der Waals surface area (Å²) in [7, 11) is 1.62. The highest BCUT2D eigenvalue weighted by atomic mass is 16.5. The van der Waals surface area contributed by atoms with Gasteiger partial charge in [-0.1, -0.05) is 24.3 Å². The SMILES string of the molecule is COc1ccccc1C1(C(=O)NCC(O)c2ccc3c(c2)CCO3)CCOCC1. The number of benzene rings is 2. The average Bonchev–Trinajstić information content (AvgIpc) is 3.25. The molecule has 1 saturated heterocycles. The minimum Gasteiger partial charge on any atom is -0.496 e. The van der Waals surface area contributed by atoms with E-state index >= 15 is 0 Å². The van der Waals surface area contributed by atoms with Crippen molar-refractivity contribution in [3.8, 4) is 11.5 Å². The fraction of sp³-hybridized carbons (Fsp3) is 0.435. The van der Waals surface area contributed by atoms with Crippen molar-refractivity contribution < 1.29 is 24.1 Å². The van der Waals surface area contributed by atoms with Crippen LogP contribution in [0.1, 0.15) is 35.6 Å². The molecule has 2 aromatic carbocycles. The second-order valence-electron chi connectivity index (χ2n) is 7.59. The molecule has 4 rings (SSSR count). The third kappa shape index (κ3) is 3.82. The quantitative estimate of drug-likeness (QED) is 0.783. The van der Waals surface area contributed by atoms with E-state index in [2.05, 4.69) is 5.32 Å². The van der Waals surface area contributed by atoms with Gasteiger partial charge >= 0.3 is 0 Å². The molecule has 1 fully saturated rings. The van der Waals surface area contributed by atoms with E-state index in [9.17, 15) is 9.90 Å².